The molecule has 6 rings (SSSR count). The standard InChI is InChI=1S/2C18H16N2.C2H6N2.Ru/c2*1-13-8-6-7-11-16(13)18-14(2)17(19-12-20-18)15-9-4-3-5-10-15;1-2(3)4;/h2*3-12H,1-2H3;1H3,(H3,3,4);/q;;;+3. The van der Waals surface area contributed by atoms with Crippen molar-refractivity contribution in [2.24, 2.45) is 5.73 Å². The molecule has 4 aromatic carbocycles. The van der Waals surface area contributed by atoms with Gasteiger partial charge in [-0.15, -0.1) is 0 Å². The first-order valence-electron chi connectivity index (χ1n) is 14.4. The Hall–Kier alpha value is -4.87. The van der Waals surface area contributed by atoms with Crippen LogP contribution < -0.4 is 5.73 Å². The Bertz CT molecular complexity index is 1700. The molecular weight excluding hydrogens is 642 g/mol. The van der Waals surface area contributed by atoms with Crippen LogP contribution in [0.4, 0.5) is 0 Å². The van der Waals surface area contributed by atoms with Crippen LogP contribution >= 0.6 is 0 Å². The van der Waals surface area contributed by atoms with Crippen LogP contribution in [0.5, 0.6) is 0 Å². The first-order valence-corrected chi connectivity index (χ1v) is 14.4. The number of rotatable bonds is 4. The van der Waals surface area contributed by atoms with Crippen LogP contribution in [-0.2, 0) is 19.5 Å². The molecule has 3 N–H and O–H groups in total. The Labute approximate surface area is 279 Å². The third kappa shape index (κ3) is 9.07. The van der Waals surface area contributed by atoms with Gasteiger partial charge in [-0.1, -0.05) is 109 Å². The van der Waals surface area contributed by atoms with E-state index in [4.69, 9.17) is 11.1 Å². The van der Waals surface area contributed by atoms with E-state index in [1.165, 1.54) is 29.2 Å². The molecule has 6 aromatic rings. The van der Waals surface area contributed by atoms with E-state index in [9.17, 15) is 0 Å². The number of nitrogens with zero attached hydrogens (tertiary/aromatic N) is 4. The van der Waals surface area contributed by atoms with Crippen molar-refractivity contribution in [3.63, 3.8) is 0 Å². The van der Waals surface area contributed by atoms with Crippen LogP contribution in [0.15, 0.2) is 122 Å². The molecule has 2 aromatic heterocycles. The van der Waals surface area contributed by atoms with Crippen molar-refractivity contribution in [3.05, 3.63) is 144 Å². The molecule has 0 saturated heterocycles. The largest absolute Gasteiger partial charge is 3.00 e. The molecule has 0 aliphatic rings. The number of hydrogen-bond acceptors (Lipinski definition) is 5. The minimum atomic E-state index is 0. The molecule has 0 amide bonds. The maximum Gasteiger partial charge on any atom is 3.00 e. The van der Waals surface area contributed by atoms with E-state index >= 15 is 0 Å². The van der Waals surface area contributed by atoms with Gasteiger partial charge in [0.05, 0.1) is 28.6 Å². The number of amidine groups is 1. The molecule has 0 unspecified atom stereocenters. The van der Waals surface area contributed by atoms with Crippen LogP contribution in [0.3, 0.4) is 0 Å². The van der Waals surface area contributed by atoms with E-state index in [1.54, 1.807) is 12.7 Å². The number of hydrogen-bond donors (Lipinski definition) is 2. The summed E-state index contributed by atoms with van der Waals surface area (Å²) in [4.78, 5) is 17.9. The Balaban J connectivity index is 0.000000215. The molecule has 0 aliphatic heterocycles. The fourth-order valence-corrected chi connectivity index (χ4v) is 4.89. The van der Waals surface area contributed by atoms with Crippen LogP contribution in [0, 0.1) is 33.1 Å². The maximum atomic E-state index is 6.28. The van der Waals surface area contributed by atoms with Crippen molar-refractivity contribution < 1.29 is 19.5 Å². The fraction of sp³-hybridized carbons (Fsp3) is 0.132. The number of nitrogens with two attached hydrogens (primary N) is 1. The zero-order valence-electron chi connectivity index (χ0n) is 26.3. The Morgan fingerprint density at radius 1 is 0.489 bits per heavy atom. The molecule has 6 nitrogen and oxygen atoms in total. The molecule has 0 atom stereocenters. The van der Waals surface area contributed by atoms with Crippen molar-refractivity contribution in [2.45, 2.75) is 34.6 Å². The van der Waals surface area contributed by atoms with Gasteiger partial charge in [0.25, 0.3) is 0 Å². The normalized spacial score (nSPS) is 9.89. The van der Waals surface area contributed by atoms with Crippen LogP contribution in [0.1, 0.15) is 29.2 Å². The van der Waals surface area contributed by atoms with Gasteiger partial charge in [-0.3, -0.25) is 5.41 Å². The average molecular weight is 680 g/mol. The molecule has 7 heteroatoms. The van der Waals surface area contributed by atoms with Crippen molar-refractivity contribution in [3.8, 4) is 45.0 Å². The zero-order valence-corrected chi connectivity index (χ0v) is 28.0. The fourth-order valence-electron chi connectivity index (χ4n) is 4.89. The topological polar surface area (TPSA) is 101 Å². The van der Waals surface area contributed by atoms with E-state index in [-0.39, 0.29) is 25.3 Å². The Kier molecular flexibility index (Phi) is 13.0. The summed E-state index contributed by atoms with van der Waals surface area (Å²) in [5, 5.41) is 6.28. The van der Waals surface area contributed by atoms with Crippen molar-refractivity contribution in [1.82, 2.24) is 19.9 Å². The van der Waals surface area contributed by atoms with E-state index in [0.717, 1.165) is 45.0 Å². The molecule has 225 valence electrons. The zero-order chi connectivity index (χ0) is 31.5. The number of nitrogens with one attached hydrogen (secondary N) is 1. The Morgan fingerprint density at radius 2 is 0.778 bits per heavy atom. The van der Waals surface area contributed by atoms with E-state index in [1.807, 2.05) is 60.7 Å². The molecular formula is C38H38N6Ru+3. The molecule has 0 saturated carbocycles. The van der Waals surface area contributed by atoms with Gasteiger partial charge in [0.2, 0.25) is 0 Å². The quantitative estimate of drug-likeness (QED) is 0.110. The summed E-state index contributed by atoms with van der Waals surface area (Å²) < 4.78 is 0. The molecule has 0 spiro atoms. The molecule has 1 radical (unpaired) electrons. The van der Waals surface area contributed by atoms with Gasteiger partial charge in [0, 0.05) is 33.4 Å². The van der Waals surface area contributed by atoms with Crippen molar-refractivity contribution >= 4 is 5.84 Å². The monoisotopic (exact) mass is 680 g/mol. The second-order valence-electron chi connectivity index (χ2n) is 10.4. The van der Waals surface area contributed by atoms with Gasteiger partial charge in [0.15, 0.2) is 0 Å². The minimum Gasteiger partial charge on any atom is -0.388 e. The third-order valence-corrected chi connectivity index (χ3v) is 7.06. The van der Waals surface area contributed by atoms with Gasteiger partial charge >= 0.3 is 19.5 Å². The summed E-state index contributed by atoms with van der Waals surface area (Å²) in [6, 6.07) is 37.1. The summed E-state index contributed by atoms with van der Waals surface area (Å²) in [6.07, 6.45) is 3.30. The average Bonchev–Trinajstić information content (AvgIpc) is 3.03. The SMILES string of the molecule is CC(=N)N.Cc1ccccc1-c1ncnc(-c2ccccc2)c1C.Cc1ccccc1-c1ncnc(-c2ccccc2)c1C.[Ru+3]. The summed E-state index contributed by atoms with van der Waals surface area (Å²) in [7, 11) is 0. The maximum absolute atomic E-state index is 6.28. The summed E-state index contributed by atoms with van der Waals surface area (Å²) in [5.41, 5.74) is 18.0. The molecule has 2 heterocycles. The van der Waals surface area contributed by atoms with Gasteiger partial charge in [-0.05, 0) is 45.7 Å². The van der Waals surface area contributed by atoms with E-state index < -0.39 is 0 Å². The third-order valence-electron chi connectivity index (χ3n) is 7.06. The van der Waals surface area contributed by atoms with E-state index in [2.05, 4.69) is 96.2 Å². The van der Waals surface area contributed by atoms with Gasteiger partial charge in [-0.2, -0.15) is 0 Å². The minimum absolute atomic E-state index is 0. The van der Waals surface area contributed by atoms with Crippen molar-refractivity contribution in [1.29, 1.82) is 5.41 Å². The van der Waals surface area contributed by atoms with Gasteiger partial charge in [-0.25, -0.2) is 19.9 Å². The van der Waals surface area contributed by atoms with Crippen LogP contribution in [0.25, 0.3) is 45.0 Å². The molecule has 0 fully saturated rings. The van der Waals surface area contributed by atoms with Crippen molar-refractivity contribution in [2.75, 3.05) is 0 Å². The van der Waals surface area contributed by atoms with Gasteiger partial charge < -0.3 is 5.73 Å². The number of benzene rings is 4. The second kappa shape index (κ2) is 16.8. The predicted octanol–water partition coefficient (Wildman–Crippen LogP) is 8.79. The van der Waals surface area contributed by atoms with E-state index in [0.29, 0.717) is 0 Å². The first-order chi connectivity index (χ1) is 21.3. The smallest absolute Gasteiger partial charge is 0.388 e. The predicted molar refractivity (Wildman–Crippen MR) is 182 cm³/mol. The van der Waals surface area contributed by atoms with Crippen LogP contribution in [0.2, 0.25) is 0 Å². The Morgan fingerprint density at radius 3 is 1.11 bits per heavy atom. The van der Waals surface area contributed by atoms with Gasteiger partial charge in [0.1, 0.15) is 12.7 Å². The number of aromatic nitrogens is 4. The molecule has 45 heavy (non-hydrogen) atoms. The summed E-state index contributed by atoms with van der Waals surface area (Å²) in [5.74, 6) is 0.167. The first kappa shape index (κ1) is 34.6. The van der Waals surface area contributed by atoms with Crippen LogP contribution in [-0.4, -0.2) is 25.8 Å². The number of aryl methyl sites for hydroxylation is 2. The second-order valence-corrected chi connectivity index (χ2v) is 10.4. The summed E-state index contributed by atoms with van der Waals surface area (Å²) in [6.45, 7) is 9.92. The molecule has 0 aliphatic carbocycles. The molecule has 0 bridgehead atoms. The summed E-state index contributed by atoms with van der Waals surface area (Å²) >= 11 is 0.